The van der Waals surface area contributed by atoms with Gasteiger partial charge in [0.15, 0.2) is 0 Å². The van der Waals surface area contributed by atoms with Gasteiger partial charge in [-0.15, -0.1) is 0 Å². The third kappa shape index (κ3) is 15.6. The lowest BCUT2D eigenvalue weighted by atomic mass is 9.88. The SMILES string of the molecule is CCCCCC[C@@H](O)C/C=C\CCCCCCCC(=O)OCC(CC)(CO)CO. The molecule has 1 atom stereocenters. The molecule has 0 aromatic rings. The molecule has 5 heteroatoms. The zero-order valence-corrected chi connectivity index (χ0v) is 18.9. The smallest absolute Gasteiger partial charge is 0.305 e. The molecular formula is C24H46O5. The van der Waals surface area contributed by atoms with Gasteiger partial charge in [0.25, 0.3) is 0 Å². The predicted molar refractivity (Wildman–Crippen MR) is 119 cm³/mol. The Balaban J connectivity index is 3.55. The number of hydrogen-bond donors (Lipinski definition) is 3. The van der Waals surface area contributed by atoms with Crippen LogP contribution in [0.2, 0.25) is 0 Å². The fraction of sp³-hybridized carbons (Fsp3) is 0.875. The summed E-state index contributed by atoms with van der Waals surface area (Å²) in [6.07, 6.45) is 17.8. The van der Waals surface area contributed by atoms with Crippen LogP contribution in [-0.4, -0.2) is 47.2 Å². The topological polar surface area (TPSA) is 87.0 Å². The summed E-state index contributed by atoms with van der Waals surface area (Å²) in [6, 6.07) is 0. The van der Waals surface area contributed by atoms with Crippen molar-refractivity contribution in [2.24, 2.45) is 5.41 Å². The highest BCUT2D eigenvalue weighted by atomic mass is 16.5. The quantitative estimate of drug-likeness (QED) is 0.150. The Kier molecular flexibility index (Phi) is 18.5. The van der Waals surface area contributed by atoms with E-state index in [1.54, 1.807) is 0 Å². The third-order valence-corrected chi connectivity index (χ3v) is 5.68. The highest BCUT2D eigenvalue weighted by Crippen LogP contribution is 2.21. The van der Waals surface area contributed by atoms with Crippen LogP contribution in [0.25, 0.3) is 0 Å². The molecule has 0 aliphatic heterocycles. The molecule has 172 valence electrons. The number of aliphatic hydroxyl groups is 3. The summed E-state index contributed by atoms with van der Waals surface area (Å²) in [4.78, 5) is 11.8. The molecule has 0 heterocycles. The van der Waals surface area contributed by atoms with E-state index in [1.807, 2.05) is 6.92 Å². The van der Waals surface area contributed by atoms with Gasteiger partial charge in [0.1, 0.15) is 6.61 Å². The molecule has 0 amide bonds. The summed E-state index contributed by atoms with van der Waals surface area (Å²) in [5, 5.41) is 28.6. The molecule has 0 unspecified atom stereocenters. The van der Waals surface area contributed by atoms with Crippen LogP contribution >= 0.6 is 0 Å². The second kappa shape index (κ2) is 19.1. The Labute approximate surface area is 178 Å². The monoisotopic (exact) mass is 414 g/mol. The van der Waals surface area contributed by atoms with Crippen molar-refractivity contribution in [2.45, 2.75) is 110 Å². The minimum atomic E-state index is -0.714. The van der Waals surface area contributed by atoms with Gasteiger partial charge in [0.05, 0.1) is 24.7 Å². The summed E-state index contributed by atoms with van der Waals surface area (Å²) in [7, 11) is 0. The average Bonchev–Trinajstić information content (AvgIpc) is 2.74. The number of carbonyl (C=O) groups is 1. The van der Waals surface area contributed by atoms with Gasteiger partial charge < -0.3 is 20.1 Å². The minimum Gasteiger partial charge on any atom is -0.465 e. The molecule has 3 N–H and O–H groups in total. The normalized spacial score (nSPS) is 13.1. The Morgan fingerprint density at radius 1 is 0.931 bits per heavy atom. The molecule has 0 aromatic heterocycles. The summed E-state index contributed by atoms with van der Waals surface area (Å²) in [5.74, 6) is -0.249. The van der Waals surface area contributed by atoms with Crippen LogP contribution < -0.4 is 0 Å². The first-order valence-electron chi connectivity index (χ1n) is 11.7. The van der Waals surface area contributed by atoms with E-state index in [1.165, 1.54) is 19.3 Å². The maximum Gasteiger partial charge on any atom is 0.305 e. The molecule has 0 aliphatic carbocycles. The van der Waals surface area contributed by atoms with Crippen molar-refractivity contribution >= 4 is 5.97 Å². The first-order valence-corrected chi connectivity index (χ1v) is 11.7. The average molecular weight is 415 g/mol. The fourth-order valence-electron chi connectivity index (χ4n) is 3.13. The Bertz CT molecular complexity index is 396. The molecule has 0 bridgehead atoms. The van der Waals surface area contributed by atoms with Gasteiger partial charge in [0, 0.05) is 6.42 Å². The summed E-state index contributed by atoms with van der Waals surface area (Å²) < 4.78 is 5.22. The Hall–Kier alpha value is -0.910. The van der Waals surface area contributed by atoms with Crippen LogP contribution in [0.15, 0.2) is 12.2 Å². The van der Waals surface area contributed by atoms with Gasteiger partial charge in [-0.05, 0) is 38.5 Å². The van der Waals surface area contributed by atoms with Gasteiger partial charge in [-0.1, -0.05) is 70.9 Å². The molecule has 0 saturated heterocycles. The lowest BCUT2D eigenvalue weighted by Gasteiger charge is -2.27. The van der Waals surface area contributed by atoms with Crippen molar-refractivity contribution in [3.8, 4) is 0 Å². The second-order valence-corrected chi connectivity index (χ2v) is 8.35. The van der Waals surface area contributed by atoms with E-state index in [0.717, 1.165) is 57.8 Å². The first-order chi connectivity index (χ1) is 14.0. The van der Waals surface area contributed by atoms with Crippen LogP contribution in [-0.2, 0) is 9.53 Å². The van der Waals surface area contributed by atoms with E-state index in [2.05, 4.69) is 19.1 Å². The molecular weight excluding hydrogens is 368 g/mol. The number of aliphatic hydroxyl groups excluding tert-OH is 3. The van der Waals surface area contributed by atoms with Crippen molar-refractivity contribution < 1.29 is 24.9 Å². The van der Waals surface area contributed by atoms with Crippen molar-refractivity contribution in [2.75, 3.05) is 19.8 Å². The molecule has 0 aliphatic rings. The second-order valence-electron chi connectivity index (χ2n) is 8.35. The highest BCUT2D eigenvalue weighted by molar-refractivity contribution is 5.69. The summed E-state index contributed by atoms with van der Waals surface area (Å²) >= 11 is 0. The number of rotatable bonds is 20. The highest BCUT2D eigenvalue weighted by Gasteiger charge is 2.28. The molecule has 0 aromatic carbocycles. The Morgan fingerprint density at radius 3 is 2.24 bits per heavy atom. The molecule has 29 heavy (non-hydrogen) atoms. The molecule has 0 radical (unpaired) electrons. The van der Waals surface area contributed by atoms with E-state index < -0.39 is 5.41 Å². The van der Waals surface area contributed by atoms with Crippen LogP contribution in [0.3, 0.4) is 0 Å². The maximum atomic E-state index is 11.8. The predicted octanol–water partition coefficient (Wildman–Crippen LogP) is 4.92. The van der Waals surface area contributed by atoms with E-state index in [4.69, 9.17) is 4.74 Å². The van der Waals surface area contributed by atoms with Gasteiger partial charge in [-0.2, -0.15) is 0 Å². The van der Waals surface area contributed by atoms with Crippen molar-refractivity contribution in [1.29, 1.82) is 0 Å². The molecule has 0 fully saturated rings. The number of carbonyl (C=O) groups excluding carboxylic acids is 1. The number of hydrogen-bond acceptors (Lipinski definition) is 5. The van der Waals surface area contributed by atoms with Crippen LogP contribution in [0.1, 0.15) is 104 Å². The largest absolute Gasteiger partial charge is 0.465 e. The number of ether oxygens (including phenoxy) is 1. The maximum absolute atomic E-state index is 11.8. The fourth-order valence-corrected chi connectivity index (χ4v) is 3.13. The van der Waals surface area contributed by atoms with E-state index in [-0.39, 0.29) is 31.9 Å². The van der Waals surface area contributed by atoms with Crippen LogP contribution in [0.5, 0.6) is 0 Å². The third-order valence-electron chi connectivity index (χ3n) is 5.68. The molecule has 5 nitrogen and oxygen atoms in total. The van der Waals surface area contributed by atoms with E-state index in [0.29, 0.717) is 12.8 Å². The van der Waals surface area contributed by atoms with Gasteiger partial charge in [0.2, 0.25) is 0 Å². The van der Waals surface area contributed by atoms with Gasteiger partial charge in [-0.25, -0.2) is 0 Å². The lowest BCUT2D eigenvalue weighted by Crippen LogP contribution is -2.35. The molecule has 0 saturated carbocycles. The van der Waals surface area contributed by atoms with E-state index >= 15 is 0 Å². The van der Waals surface area contributed by atoms with Crippen LogP contribution in [0, 0.1) is 5.41 Å². The molecule has 0 spiro atoms. The summed E-state index contributed by atoms with van der Waals surface area (Å²) in [6.45, 7) is 3.78. The van der Waals surface area contributed by atoms with Crippen molar-refractivity contribution in [3.63, 3.8) is 0 Å². The number of esters is 1. The minimum absolute atomic E-state index is 0.0785. The first kappa shape index (κ1) is 28.1. The zero-order chi connectivity index (χ0) is 21.8. The summed E-state index contributed by atoms with van der Waals surface area (Å²) in [5.41, 5.74) is -0.714. The van der Waals surface area contributed by atoms with Crippen LogP contribution in [0.4, 0.5) is 0 Å². The van der Waals surface area contributed by atoms with Gasteiger partial charge >= 0.3 is 5.97 Å². The number of allylic oxidation sites excluding steroid dienone is 1. The van der Waals surface area contributed by atoms with Crippen molar-refractivity contribution in [3.05, 3.63) is 12.2 Å². The Morgan fingerprint density at radius 2 is 1.59 bits per heavy atom. The van der Waals surface area contributed by atoms with Crippen molar-refractivity contribution in [1.82, 2.24) is 0 Å². The lowest BCUT2D eigenvalue weighted by molar-refractivity contribution is -0.149. The molecule has 0 rings (SSSR count). The zero-order valence-electron chi connectivity index (χ0n) is 18.9. The standard InChI is InChI=1S/C24H46O5/c1-3-5-6-13-16-22(27)17-14-11-9-7-8-10-12-15-18-23(28)29-21-24(4-2,19-25)20-26/h11,14,22,25-27H,3-10,12-13,15-21H2,1-2H3/b14-11-/t22-/m1/s1. The van der Waals surface area contributed by atoms with Gasteiger partial charge in [-0.3, -0.25) is 4.79 Å². The number of unbranched alkanes of at least 4 members (excludes halogenated alkanes) is 8. The van der Waals surface area contributed by atoms with E-state index in [9.17, 15) is 20.1 Å².